The topological polar surface area (TPSA) is 53.9 Å². The van der Waals surface area contributed by atoms with Gasteiger partial charge in [0.15, 0.2) is 0 Å². The first-order chi connectivity index (χ1) is 11.8. The van der Waals surface area contributed by atoms with Crippen LogP contribution in [0.4, 0.5) is 17.5 Å². The fourth-order valence-electron chi connectivity index (χ4n) is 2.53. The maximum absolute atomic E-state index is 4.67. The van der Waals surface area contributed by atoms with Gasteiger partial charge in [-0.15, -0.1) is 0 Å². The molecule has 2 heterocycles. The molecule has 0 fully saturated rings. The third-order valence-electron chi connectivity index (χ3n) is 3.66. The summed E-state index contributed by atoms with van der Waals surface area (Å²) in [6.45, 7) is 5.53. The molecule has 1 N–H and O–H groups in total. The molecule has 0 amide bonds. The van der Waals surface area contributed by atoms with Gasteiger partial charge in [0.05, 0.1) is 12.2 Å². The number of benzene rings is 1. The van der Waals surface area contributed by atoms with E-state index in [1.165, 1.54) is 0 Å². The van der Waals surface area contributed by atoms with Crippen LogP contribution in [0.1, 0.15) is 18.3 Å². The summed E-state index contributed by atoms with van der Waals surface area (Å²) in [6.07, 6.45) is 1.79. The van der Waals surface area contributed by atoms with Crippen molar-refractivity contribution in [1.29, 1.82) is 0 Å². The standard InChI is InChI=1S/C19H21N5/c1-3-24(17-10-5-4-6-11-17)18-13-15(2)22-19(23-18)21-14-16-9-7-8-12-20-16/h4-13H,3,14H2,1-2H3,(H,21,22,23). The zero-order chi connectivity index (χ0) is 16.8. The lowest BCUT2D eigenvalue weighted by Gasteiger charge is -2.22. The van der Waals surface area contributed by atoms with Crippen molar-refractivity contribution < 1.29 is 0 Å². The summed E-state index contributed by atoms with van der Waals surface area (Å²) in [4.78, 5) is 15.6. The molecule has 2 aromatic heterocycles. The number of para-hydroxylation sites is 1. The molecular formula is C19H21N5. The first-order valence-electron chi connectivity index (χ1n) is 8.08. The van der Waals surface area contributed by atoms with E-state index < -0.39 is 0 Å². The zero-order valence-corrected chi connectivity index (χ0v) is 14.0. The Hall–Kier alpha value is -2.95. The zero-order valence-electron chi connectivity index (χ0n) is 14.0. The van der Waals surface area contributed by atoms with E-state index in [4.69, 9.17) is 0 Å². The van der Waals surface area contributed by atoms with Crippen molar-refractivity contribution in [3.63, 3.8) is 0 Å². The monoisotopic (exact) mass is 319 g/mol. The lowest BCUT2D eigenvalue weighted by molar-refractivity contribution is 0.946. The van der Waals surface area contributed by atoms with Gasteiger partial charge in [0.1, 0.15) is 5.82 Å². The van der Waals surface area contributed by atoms with Crippen molar-refractivity contribution in [2.75, 3.05) is 16.8 Å². The van der Waals surface area contributed by atoms with Gasteiger partial charge < -0.3 is 10.2 Å². The fraction of sp³-hybridized carbons (Fsp3) is 0.211. The van der Waals surface area contributed by atoms with E-state index in [-0.39, 0.29) is 0 Å². The van der Waals surface area contributed by atoms with Crippen molar-refractivity contribution in [3.05, 3.63) is 72.2 Å². The molecule has 5 nitrogen and oxygen atoms in total. The molecule has 0 radical (unpaired) electrons. The minimum absolute atomic E-state index is 0.598. The minimum atomic E-state index is 0.598. The SMILES string of the molecule is CCN(c1ccccc1)c1cc(C)nc(NCc2ccccn2)n1. The Bertz CT molecular complexity index is 774. The van der Waals surface area contributed by atoms with Crippen molar-refractivity contribution >= 4 is 17.5 Å². The lowest BCUT2D eigenvalue weighted by Crippen LogP contribution is -2.18. The Morgan fingerprint density at radius 3 is 2.50 bits per heavy atom. The van der Waals surface area contributed by atoms with Crippen molar-refractivity contribution in [3.8, 4) is 0 Å². The lowest BCUT2D eigenvalue weighted by atomic mass is 10.2. The summed E-state index contributed by atoms with van der Waals surface area (Å²) in [5.41, 5.74) is 3.01. The molecule has 3 aromatic rings. The van der Waals surface area contributed by atoms with Crippen LogP contribution in [0.2, 0.25) is 0 Å². The van der Waals surface area contributed by atoms with E-state index in [0.29, 0.717) is 12.5 Å². The highest BCUT2D eigenvalue weighted by Gasteiger charge is 2.11. The number of aryl methyl sites for hydroxylation is 1. The van der Waals surface area contributed by atoms with Crippen LogP contribution in [0, 0.1) is 6.92 Å². The highest BCUT2D eigenvalue weighted by atomic mass is 15.2. The number of hydrogen-bond acceptors (Lipinski definition) is 5. The molecule has 0 unspecified atom stereocenters. The van der Waals surface area contributed by atoms with E-state index in [9.17, 15) is 0 Å². The summed E-state index contributed by atoms with van der Waals surface area (Å²) in [7, 11) is 0. The highest BCUT2D eigenvalue weighted by molar-refractivity contribution is 5.61. The van der Waals surface area contributed by atoms with Gasteiger partial charge in [-0.1, -0.05) is 24.3 Å². The van der Waals surface area contributed by atoms with Crippen LogP contribution in [-0.4, -0.2) is 21.5 Å². The maximum atomic E-state index is 4.67. The van der Waals surface area contributed by atoms with Gasteiger partial charge in [-0.2, -0.15) is 4.98 Å². The van der Waals surface area contributed by atoms with Gasteiger partial charge >= 0.3 is 0 Å². The van der Waals surface area contributed by atoms with Gasteiger partial charge in [-0.3, -0.25) is 4.98 Å². The molecule has 0 saturated heterocycles. The molecule has 0 saturated carbocycles. The molecule has 0 atom stereocenters. The van der Waals surface area contributed by atoms with Crippen molar-refractivity contribution in [2.24, 2.45) is 0 Å². The Morgan fingerprint density at radius 2 is 1.79 bits per heavy atom. The molecule has 0 bridgehead atoms. The van der Waals surface area contributed by atoms with Crippen LogP contribution in [-0.2, 0) is 6.54 Å². The predicted molar refractivity (Wildman–Crippen MR) is 97.5 cm³/mol. The van der Waals surface area contributed by atoms with Crippen LogP contribution in [0.15, 0.2) is 60.8 Å². The average Bonchev–Trinajstić information content (AvgIpc) is 2.62. The van der Waals surface area contributed by atoms with E-state index in [2.05, 4.69) is 44.2 Å². The second-order valence-corrected chi connectivity index (χ2v) is 5.45. The molecule has 3 rings (SSSR count). The van der Waals surface area contributed by atoms with Gasteiger partial charge in [-0.25, -0.2) is 4.98 Å². The third-order valence-corrected chi connectivity index (χ3v) is 3.66. The van der Waals surface area contributed by atoms with Gasteiger partial charge in [0.2, 0.25) is 5.95 Å². The smallest absolute Gasteiger partial charge is 0.225 e. The number of anilines is 3. The van der Waals surface area contributed by atoms with E-state index in [0.717, 1.165) is 29.4 Å². The number of hydrogen-bond donors (Lipinski definition) is 1. The quantitative estimate of drug-likeness (QED) is 0.745. The van der Waals surface area contributed by atoms with Crippen LogP contribution in [0.5, 0.6) is 0 Å². The highest BCUT2D eigenvalue weighted by Crippen LogP contribution is 2.24. The van der Waals surface area contributed by atoms with Gasteiger partial charge in [0.25, 0.3) is 0 Å². The first kappa shape index (κ1) is 15.9. The predicted octanol–water partition coefficient (Wildman–Crippen LogP) is 3.95. The summed E-state index contributed by atoms with van der Waals surface area (Å²) >= 11 is 0. The molecule has 0 aliphatic rings. The normalized spacial score (nSPS) is 10.4. The van der Waals surface area contributed by atoms with E-state index in [1.807, 2.05) is 49.4 Å². The third kappa shape index (κ3) is 3.87. The average molecular weight is 319 g/mol. The van der Waals surface area contributed by atoms with Gasteiger partial charge in [0, 0.05) is 30.2 Å². The number of nitrogens with zero attached hydrogens (tertiary/aromatic N) is 4. The fourth-order valence-corrected chi connectivity index (χ4v) is 2.53. The van der Waals surface area contributed by atoms with Crippen LogP contribution in [0.3, 0.4) is 0 Å². The van der Waals surface area contributed by atoms with Gasteiger partial charge in [-0.05, 0) is 38.1 Å². The molecule has 5 heteroatoms. The summed E-state index contributed by atoms with van der Waals surface area (Å²) in [5, 5.41) is 3.26. The maximum Gasteiger partial charge on any atom is 0.225 e. The molecular weight excluding hydrogens is 298 g/mol. The van der Waals surface area contributed by atoms with E-state index in [1.54, 1.807) is 6.20 Å². The second kappa shape index (κ2) is 7.55. The van der Waals surface area contributed by atoms with Crippen LogP contribution in [0.25, 0.3) is 0 Å². The molecule has 122 valence electrons. The Kier molecular flexibility index (Phi) is 5.01. The number of pyridine rings is 1. The summed E-state index contributed by atoms with van der Waals surface area (Å²) in [5.74, 6) is 1.50. The molecule has 24 heavy (non-hydrogen) atoms. The summed E-state index contributed by atoms with van der Waals surface area (Å²) < 4.78 is 0. The number of rotatable bonds is 6. The van der Waals surface area contributed by atoms with Crippen LogP contribution >= 0.6 is 0 Å². The molecule has 0 aliphatic carbocycles. The van der Waals surface area contributed by atoms with E-state index >= 15 is 0 Å². The molecule has 0 spiro atoms. The largest absolute Gasteiger partial charge is 0.349 e. The number of aromatic nitrogens is 3. The number of nitrogens with one attached hydrogen (secondary N) is 1. The van der Waals surface area contributed by atoms with Crippen molar-refractivity contribution in [2.45, 2.75) is 20.4 Å². The summed E-state index contributed by atoms with van der Waals surface area (Å²) in [6, 6.07) is 18.1. The Balaban J connectivity index is 1.83. The second-order valence-electron chi connectivity index (χ2n) is 5.45. The molecule has 1 aromatic carbocycles. The van der Waals surface area contributed by atoms with Crippen molar-refractivity contribution in [1.82, 2.24) is 15.0 Å². The Morgan fingerprint density at radius 1 is 1.00 bits per heavy atom. The Labute approximate surface area is 142 Å². The molecule has 0 aliphatic heterocycles. The van der Waals surface area contributed by atoms with Crippen LogP contribution < -0.4 is 10.2 Å². The minimum Gasteiger partial charge on any atom is -0.349 e. The first-order valence-corrected chi connectivity index (χ1v) is 8.08.